The van der Waals surface area contributed by atoms with Gasteiger partial charge in [0.05, 0.1) is 40.8 Å². The van der Waals surface area contributed by atoms with Crippen LogP contribution in [0.2, 0.25) is 5.02 Å². The van der Waals surface area contributed by atoms with Crippen LogP contribution in [0.15, 0.2) is 18.2 Å². The summed E-state index contributed by atoms with van der Waals surface area (Å²) in [5, 5.41) is 8.83. The van der Waals surface area contributed by atoms with Crippen LogP contribution in [0.3, 0.4) is 0 Å². The molecule has 3 atom stereocenters. The van der Waals surface area contributed by atoms with Gasteiger partial charge in [0, 0.05) is 23.7 Å². The fourth-order valence-electron chi connectivity index (χ4n) is 5.48. The number of piperidine rings is 1. The second kappa shape index (κ2) is 8.66. The summed E-state index contributed by atoms with van der Waals surface area (Å²) in [6.45, 7) is 4.52. The van der Waals surface area contributed by atoms with Gasteiger partial charge in [0.1, 0.15) is 17.7 Å². The Morgan fingerprint density at radius 1 is 1.21 bits per heavy atom. The number of amides is 1. The summed E-state index contributed by atoms with van der Waals surface area (Å²) in [6, 6.07) is 5.06. The quantitative estimate of drug-likeness (QED) is 0.571. The molecule has 10 heteroatoms. The third kappa shape index (κ3) is 3.82. The van der Waals surface area contributed by atoms with Crippen molar-refractivity contribution < 1.29 is 13.9 Å². The van der Waals surface area contributed by atoms with E-state index in [4.69, 9.17) is 16.3 Å². The van der Waals surface area contributed by atoms with E-state index < -0.39 is 5.82 Å². The Bertz CT molecular complexity index is 1280. The van der Waals surface area contributed by atoms with Crippen LogP contribution < -0.4 is 10.1 Å². The summed E-state index contributed by atoms with van der Waals surface area (Å²) in [5.74, 6) is -0.282. The Morgan fingerprint density at radius 2 is 1.94 bits per heavy atom. The van der Waals surface area contributed by atoms with Crippen LogP contribution in [0.1, 0.15) is 58.7 Å². The summed E-state index contributed by atoms with van der Waals surface area (Å²) in [7, 11) is 0. The van der Waals surface area contributed by atoms with Gasteiger partial charge in [-0.15, -0.1) is 12.4 Å². The monoisotopic (exact) mass is 505 g/mol. The van der Waals surface area contributed by atoms with Gasteiger partial charge >= 0.3 is 0 Å². The van der Waals surface area contributed by atoms with Crippen molar-refractivity contribution in [2.45, 2.75) is 70.8 Å². The number of carbonyl (C=O) groups is 1. The molecule has 6 rings (SSSR count). The predicted molar refractivity (Wildman–Crippen MR) is 128 cm³/mol. The summed E-state index contributed by atoms with van der Waals surface area (Å²) in [5.41, 5.74) is 4.40. The predicted octanol–water partition coefficient (Wildman–Crippen LogP) is 4.38. The number of nitrogens with one attached hydrogen (secondary N) is 1. The molecule has 1 amide bonds. The van der Waals surface area contributed by atoms with Crippen LogP contribution >= 0.6 is 24.0 Å². The van der Waals surface area contributed by atoms with Gasteiger partial charge in [-0.1, -0.05) is 11.6 Å². The third-order valence-corrected chi connectivity index (χ3v) is 7.69. The first-order chi connectivity index (χ1) is 15.9. The molecule has 3 aliphatic rings. The number of halogens is 3. The minimum atomic E-state index is -0.409. The second-order valence-electron chi connectivity index (χ2n) is 9.41. The molecule has 34 heavy (non-hydrogen) atoms. The minimum Gasteiger partial charge on any atom is -0.489 e. The number of aryl methyl sites for hydroxylation is 2. The van der Waals surface area contributed by atoms with E-state index in [0.717, 1.165) is 54.0 Å². The van der Waals surface area contributed by atoms with Gasteiger partial charge in [0.2, 0.25) is 0 Å². The Balaban J connectivity index is 0.00000241. The number of benzene rings is 1. The van der Waals surface area contributed by atoms with Gasteiger partial charge in [0.15, 0.2) is 5.65 Å². The summed E-state index contributed by atoms with van der Waals surface area (Å²) in [4.78, 5) is 19.8. The molecular formula is C24H26Cl2FN5O2. The van der Waals surface area contributed by atoms with Crippen LogP contribution in [0, 0.1) is 19.7 Å². The zero-order valence-corrected chi connectivity index (χ0v) is 20.5. The van der Waals surface area contributed by atoms with Crippen LogP contribution in [0.25, 0.3) is 5.65 Å². The Labute approximate surface area is 208 Å². The number of aromatic nitrogens is 3. The SMILES string of the molecule is Cc1nc2c3c(nn2c(C)c1Cl)CN(C(=O)c1ccc(F)cc1O[C@@H]1C[C@H]2CC[C@@H](C1)N2)C3.Cl. The number of rotatable bonds is 3. The highest BCUT2D eigenvalue weighted by Gasteiger charge is 2.36. The molecule has 0 saturated carbocycles. The lowest BCUT2D eigenvalue weighted by atomic mass is 10.0. The topological polar surface area (TPSA) is 71.8 Å². The Kier molecular flexibility index (Phi) is 5.94. The van der Waals surface area contributed by atoms with Gasteiger partial charge in [-0.05, 0) is 51.7 Å². The average molecular weight is 506 g/mol. The normalized spacial score (nSPS) is 23.2. The smallest absolute Gasteiger partial charge is 0.258 e. The molecule has 0 radical (unpaired) electrons. The number of ether oxygens (including phenoxy) is 1. The van der Waals surface area contributed by atoms with Crippen molar-refractivity contribution in [1.82, 2.24) is 24.8 Å². The van der Waals surface area contributed by atoms with E-state index in [1.54, 1.807) is 9.42 Å². The number of nitrogens with zero attached hydrogens (tertiary/aromatic N) is 4. The van der Waals surface area contributed by atoms with Crippen LogP contribution in [0.5, 0.6) is 5.75 Å². The van der Waals surface area contributed by atoms with Gasteiger partial charge < -0.3 is 15.0 Å². The highest BCUT2D eigenvalue weighted by Crippen LogP contribution is 2.34. The van der Waals surface area contributed by atoms with Gasteiger partial charge in [-0.2, -0.15) is 5.10 Å². The van der Waals surface area contributed by atoms with E-state index in [-0.39, 0.29) is 24.4 Å². The van der Waals surface area contributed by atoms with Crippen LogP contribution in [-0.2, 0) is 13.1 Å². The number of hydrogen-bond acceptors (Lipinski definition) is 5. The van der Waals surface area contributed by atoms with Crippen molar-refractivity contribution in [2.24, 2.45) is 0 Å². The van der Waals surface area contributed by atoms with E-state index >= 15 is 0 Å². The Hall–Kier alpha value is -2.42. The van der Waals surface area contributed by atoms with E-state index in [2.05, 4.69) is 15.4 Å². The van der Waals surface area contributed by atoms with Crippen molar-refractivity contribution >= 4 is 35.6 Å². The molecule has 2 bridgehead atoms. The number of hydrogen-bond donors (Lipinski definition) is 1. The summed E-state index contributed by atoms with van der Waals surface area (Å²) in [6.07, 6.45) is 4.02. The molecule has 0 aliphatic carbocycles. The lowest BCUT2D eigenvalue weighted by molar-refractivity contribution is 0.0737. The van der Waals surface area contributed by atoms with Gasteiger partial charge in [0.25, 0.3) is 5.91 Å². The van der Waals surface area contributed by atoms with Crippen LogP contribution in [-0.4, -0.2) is 43.6 Å². The largest absolute Gasteiger partial charge is 0.489 e. The van der Waals surface area contributed by atoms with Crippen molar-refractivity contribution in [2.75, 3.05) is 0 Å². The highest BCUT2D eigenvalue weighted by molar-refractivity contribution is 6.31. The molecule has 1 N–H and O–H groups in total. The first kappa shape index (κ1) is 23.3. The standard InChI is InChI=1S/C24H25ClFN5O2.ClH/c1-12-22(25)13(2)31-23(27-12)19-10-30(11-20(19)29-31)24(32)18-6-3-14(26)7-21(18)33-17-8-15-4-5-16(9-17)28-15;/h3,6-7,15-17,28H,4-5,8-11H2,1-2H3;1H/t15-,16+,17-;. The molecule has 7 nitrogen and oxygen atoms in total. The maximum Gasteiger partial charge on any atom is 0.258 e. The summed E-state index contributed by atoms with van der Waals surface area (Å²) < 4.78 is 22.1. The average Bonchev–Trinajstić information content (AvgIpc) is 3.45. The molecule has 3 aliphatic heterocycles. The van der Waals surface area contributed by atoms with Crippen molar-refractivity contribution in [3.05, 3.63) is 57.2 Å². The molecule has 0 spiro atoms. The molecule has 180 valence electrons. The number of carbonyl (C=O) groups excluding carboxylic acids is 1. The molecule has 1 aromatic carbocycles. The zero-order valence-electron chi connectivity index (χ0n) is 19.0. The maximum absolute atomic E-state index is 14.1. The lowest BCUT2D eigenvalue weighted by Crippen LogP contribution is -2.42. The lowest BCUT2D eigenvalue weighted by Gasteiger charge is -2.30. The van der Waals surface area contributed by atoms with Crippen molar-refractivity contribution in [1.29, 1.82) is 0 Å². The van der Waals surface area contributed by atoms with E-state index in [1.165, 1.54) is 18.2 Å². The maximum atomic E-state index is 14.1. The minimum absolute atomic E-state index is 0. The molecule has 2 fully saturated rings. The molecule has 2 saturated heterocycles. The molecule has 3 aromatic rings. The molecule has 0 unspecified atom stereocenters. The van der Waals surface area contributed by atoms with Crippen molar-refractivity contribution in [3.63, 3.8) is 0 Å². The van der Waals surface area contributed by atoms with E-state index in [0.29, 0.717) is 41.5 Å². The van der Waals surface area contributed by atoms with Gasteiger partial charge in [-0.25, -0.2) is 13.9 Å². The number of fused-ring (bicyclic) bond motifs is 5. The van der Waals surface area contributed by atoms with E-state index in [1.807, 2.05) is 13.8 Å². The molecule has 2 aromatic heterocycles. The van der Waals surface area contributed by atoms with Gasteiger partial charge in [-0.3, -0.25) is 4.79 Å². The molecule has 5 heterocycles. The molecular weight excluding hydrogens is 480 g/mol. The second-order valence-corrected chi connectivity index (χ2v) is 9.79. The van der Waals surface area contributed by atoms with Crippen molar-refractivity contribution in [3.8, 4) is 5.75 Å². The van der Waals surface area contributed by atoms with E-state index in [9.17, 15) is 9.18 Å². The Morgan fingerprint density at radius 3 is 2.68 bits per heavy atom. The summed E-state index contributed by atoms with van der Waals surface area (Å²) >= 11 is 6.33. The highest BCUT2D eigenvalue weighted by atomic mass is 35.5. The third-order valence-electron chi connectivity index (χ3n) is 7.14. The first-order valence-electron chi connectivity index (χ1n) is 11.4. The fraction of sp³-hybridized carbons (Fsp3) is 0.458. The fourth-order valence-corrected chi connectivity index (χ4v) is 5.60. The first-order valence-corrected chi connectivity index (χ1v) is 11.8. The zero-order chi connectivity index (χ0) is 22.9. The van der Waals surface area contributed by atoms with Crippen LogP contribution in [0.4, 0.5) is 4.39 Å².